The van der Waals surface area contributed by atoms with Crippen molar-refractivity contribution in [1.29, 1.82) is 0 Å². The molecule has 0 spiro atoms. The highest BCUT2D eigenvalue weighted by Gasteiger charge is 2.36. The van der Waals surface area contributed by atoms with Crippen LogP contribution in [0.3, 0.4) is 0 Å². The van der Waals surface area contributed by atoms with E-state index in [4.69, 9.17) is 22.1 Å². The van der Waals surface area contributed by atoms with Crippen molar-refractivity contribution in [3.8, 4) is 22.7 Å². The van der Waals surface area contributed by atoms with Crippen molar-refractivity contribution in [3.63, 3.8) is 0 Å². The third kappa shape index (κ3) is 5.10. The molecular formula is C30H27N3O2S2. The summed E-state index contributed by atoms with van der Waals surface area (Å²) in [4.78, 5) is 15.8. The van der Waals surface area contributed by atoms with Crippen molar-refractivity contribution in [3.05, 3.63) is 107 Å². The van der Waals surface area contributed by atoms with Crippen LogP contribution >= 0.6 is 24.0 Å². The molecule has 2 heterocycles. The van der Waals surface area contributed by atoms with Gasteiger partial charge in [0.25, 0.3) is 5.91 Å². The number of thiocarbonyl (C=S) groups is 1. The van der Waals surface area contributed by atoms with Gasteiger partial charge < -0.3 is 4.74 Å². The largest absolute Gasteiger partial charge is 0.494 e. The molecule has 1 aliphatic heterocycles. The van der Waals surface area contributed by atoms with Crippen LogP contribution in [-0.2, 0) is 4.79 Å². The zero-order chi connectivity index (χ0) is 25.9. The van der Waals surface area contributed by atoms with Gasteiger partial charge >= 0.3 is 0 Å². The van der Waals surface area contributed by atoms with Gasteiger partial charge in [-0.05, 0) is 68.3 Å². The summed E-state index contributed by atoms with van der Waals surface area (Å²) >= 11 is 6.98. The number of carbonyl (C=O) groups is 1. The Bertz CT molecular complexity index is 1480. The predicted molar refractivity (Wildman–Crippen MR) is 155 cm³/mol. The minimum atomic E-state index is -0.153. The molecule has 1 atom stereocenters. The highest BCUT2D eigenvalue weighted by Crippen LogP contribution is 2.39. The van der Waals surface area contributed by atoms with Crippen molar-refractivity contribution in [1.82, 2.24) is 14.7 Å². The van der Waals surface area contributed by atoms with Gasteiger partial charge in [0, 0.05) is 17.3 Å². The SMILES string of the molecule is CCOc1ccc(-c2nn(-c3ccccc3)cc2/C=C2\SC(=S)N([C@H](C)c3ccccc3)C2=O)c(C)c1. The van der Waals surface area contributed by atoms with Crippen LogP contribution < -0.4 is 4.74 Å². The smallest absolute Gasteiger partial charge is 0.266 e. The van der Waals surface area contributed by atoms with Gasteiger partial charge in [0.1, 0.15) is 15.8 Å². The highest BCUT2D eigenvalue weighted by molar-refractivity contribution is 8.26. The van der Waals surface area contributed by atoms with Gasteiger partial charge in [-0.25, -0.2) is 4.68 Å². The maximum atomic E-state index is 13.5. The quantitative estimate of drug-likeness (QED) is 0.188. The third-order valence-electron chi connectivity index (χ3n) is 6.31. The molecule has 1 aromatic heterocycles. The van der Waals surface area contributed by atoms with Crippen LogP contribution in [-0.4, -0.2) is 31.5 Å². The van der Waals surface area contributed by atoms with Crippen molar-refractivity contribution in [2.24, 2.45) is 0 Å². The number of aryl methyl sites for hydroxylation is 1. The van der Waals surface area contributed by atoms with Crippen molar-refractivity contribution in [2.45, 2.75) is 26.8 Å². The number of hydrogen-bond acceptors (Lipinski definition) is 5. The number of hydrogen-bond donors (Lipinski definition) is 0. The summed E-state index contributed by atoms with van der Waals surface area (Å²) in [5.41, 5.74) is 5.66. The summed E-state index contributed by atoms with van der Waals surface area (Å²) in [6.45, 7) is 6.63. The molecule has 1 aliphatic rings. The molecule has 0 saturated carbocycles. The Hall–Kier alpha value is -3.68. The second-order valence-corrected chi connectivity index (χ2v) is 10.4. The van der Waals surface area contributed by atoms with Crippen LogP contribution in [0.5, 0.6) is 5.75 Å². The van der Waals surface area contributed by atoms with Gasteiger partial charge in [0.2, 0.25) is 0 Å². The van der Waals surface area contributed by atoms with Gasteiger partial charge in [-0.3, -0.25) is 9.69 Å². The van der Waals surface area contributed by atoms with E-state index in [0.29, 0.717) is 15.8 Å². The number of thioether (sulfide) groups is 1. The van der Waals surface area contributed by atoms with Gasteiger partial charge in [-0.1, -0.05) is 72.5 Å². The summed E-state index contributed by atoms with van der Waals surface area (Å²) in [5, 5.41) is 4.94. The molecule has 3 aromatic carbocycles. The Morgan fingerprint density at radius 2 is 1.76 bits per heavy atom. The van der Waals surface area contributed by atoms with E-state index in [1.807, 2.05) is 117 Å². The fourth-order valence-electron chi connectivity index (χ4n) is 4.41. The Kier molecular flexibility index (Phi) is 7.26. The molecule has 7 heteroatoms. The molecule has 186 valence electrons. The number of aromatic nitrogens is 2. The first kappa shape index (κ1) is 25.0. The molecule has 1 amide bonds. The number of amides is 1. The lowest BCUT2D eigenvalue weighted by Crippen LogP contribution is -2.30. The molecule has 4 aromatic rings. The normalized spacial score (nSPS) is 15.4. The molecule has 0 N–H and O–H groups in total. The van der Waals surface area contributed by atoms with Crippen molar-refractivity contribution in [2.75, 3.05) is 6.61 Å². The average Bonchev–Trinajstić information content (AvgIpc) is 3.45. The van der Waals surface area contributed by atoms with Crippen LogP contribution in [0, 0.1) is 6.92 Å². The Labute approximate surface area is 226 Å². The van der Waals surface area contributed by atoms with Gasteiger partial charge in [-0.2, -0.15) is 5.10 Å². The van der Waals surface area contributed by atoms with Crippen LogP contribution in [0.15, 0.2) is 90.0 Å². The molecule has 1 fully saturated rings. The Morgan fingerprint density at radius 3 is 2.43 bits per heavy atom. The first-order valence-electron chi connectivity index (χ1n) is 12.2. The third-order valence-corrected chi connectivity index (χ3v) is 7.64. The Balaban J connectivity index is 1.56. The van der Waals surface area contributed by atoms with E-state index in [1.165, 1.54) is 11.8 Å². The van der Waals surface area contributed by atoms with Crippen molar-refractivity contribution < 1.29 is 9.53 Å². The van der Waals surface area contributed by atoms with E-state index in [9.17, 15) is 4.79 Å². The fourth-order valence-corrected chi connectivity index (χ4v) is 5.82. The van der Waals surface area contributed by atoms with Crippen LogP contribution in [0.4, 0.5) is 0 Å². The maximum absolute atomic E-state index is 13.5. The average molecular weight is 526 g/mol. The first-order valence-corrected chi connectivity index (χ1v) is 13.4. The first-order chi connectivity index (χ1) is 18.0. The van der Waals surface area contributed by atoms with Crippen molar-refractivity contribution >= 4 is 40.3 Å². The van der Waals surface area contributed by atoms with Gasteiger partial charge in [-0.15, -0.1) is 0 Å². The summed E-state index contributed by atoms with van der Waals surface area (Å²) in [7, 11) is 0. The topological polar surface area (TPSA) is 47.4 Å². The summed E-state index contributed by atoms with van der Waals surface area (Å²) < 4.78 is 8.09. The number of benzene rings is 3. The summed E-state index contributed by atoms with van der Waals surface area (Å²) in [5.74, 6) is 0.733. The number of carbonyl (C=O) groups excluding carboxylic acids is 1. The van der Waals surface area contributed by atoms with E-state index < -0.39 is 0 Å². The standard InChI is InChI=1S/C30H27N3O2S2/c1-4-35-25-15-16-26(20(2)17-25)28-23(19-32(31-28)24-13-9-6-10-14-24)18-27-29(34)33(30(36)37-27)21(3)22-11-7-5-8-12-22/h5-19,21H,4H2,1-3H3/b27-18-/t21-/m1/s1. The summed E-state index contributed by atoms with van der Waals surface area (Å²) in [6.07, 6.45) is 3.88. The zero-order valence-electron chi connectivity index (χ0n) is 20.9. The molecule has 1 saturated heterocycles. The van der Waals surface area contributed by atoms with E-state index >= 15 is 0 Å². The second kappa shape index (κ2) is 10.7. The number of ether oxygens (including phenoxy) is 1. The molecule has 5 rings (SSSR count). The van der Waals surface area contributed by atoms with E-state index in [2.05, 4.69) is 0 Å². The lowest BCUT2D eigenvalue weighted by atomic mass is 10.0. The molecule has 0 radical (unpaired) electrons. The van der Waals surface area contributed by atoms with E-state index in [0.717, 1.165) is 39.4 Å². The minimum Gasteiger partial charge on any atom is -0.494 e. The minimum absolute atomic E-state index is 0.0896. The van der Waals surface area contributed by atoms with E-state index in [-0.39, 0.29) is 11.9 Å². The Morgan fingerprint density at radius 1 is 1.05 bits per heavy atom. The fraction of sp³-hybridized carbons (Fsp3) is 0.167. The predicted octanol–water partition coefficient (Wildman–Crippen LogP) is 7.21. The van der Waals surface area contributed by atoms with Gasteiger partial charge in [0.15, 0.2) is 0 Å². The molecule has 37 heavy (non-hydrogen) atoms. The number of nitrogens with zero attached hydrogens (tertiary/aromatic N) is 3. The van der Waals surface area contributed by atoms with Gasteiger partial charge in [0.05, 0.1) is 23.2 Å². The van der Waals surface area contributed by atoms with Crippen LogP contribution in [0.1, 0.15) is 36.6 Å². The van der Waals surface area contributed by atoms with E-state index in [1.54, 1.807) is 4.90 Å². The molecule has 5 nitrogen and oxygen atoms in total. The van der Waals surface area contributed by atoms with Crippen LogP contribution in [0.25, 0.3) is 23.0 Å². The maximum Gasteiger partial charge on any atom is 0.266 e. The lowest BCUT2D eigenvalue weighted by molar-refractivity contribution is -0.123. The highest BCUT2D eigenvalue weighted by atomic mass is 32.2. The number of para-hydroxylation sites is 1. The van der Waals surface area contributed by atoms with Crippen LogP contribution in [0.2, 0.25) is 0 Å². The molecule has 0 aliphatic carbocycles. The lowest BCUT2D eigenvalue weighted by Gasteiger charge is -2.23. The molecule has 0 bridgehead atoms. The molecule has 0 unspecified atom stereocenters. The zero-order valence-corrected chi connectivity index (χ0v) is 22.6. The summed E-state index contributed by atoms with van der Waals surface area (Å²) in [6, 6.07) is 25.8. The second-order valence-electron chi connectivity index (χ2n) is 8.76. The monoisotopic (exact) mass is 525 g/mol. The molecular weight excluding hydrogens is 498 g/mol. The number of rotatable bonds is 7.